The topological polar surface area (TPSA) is 66.5 Å². The van der Waals surface area contributed by atoms with Gasteiger partial charge in [-0.3, -0.25) is 4.79 Å². The molecule has 0 fully saturated rings. The molecule has 0 saturated carbocycles. The highest BCUT2D eigenvalue weighted by Crippen LogP contribution is 2.27. The van der Waals surface area contributed by atoms with Gasteiger partial charge in [0, 0.05) is 18.0 Å². The lowest BCUT2D eigenvalue weighted by Crippen LogP contribution is -2.30. The number of carbonyl (C=O) groups is 1. The van der Waals surface area contributed by atoms with E-state index < -0.39 is 10.0 Å². The molecule has 1 N–H and O–H groups in total. The van der Waals surface area contributed by atoms with Crippen LogP contribution in [-0.4, -0.2) is 37.5 Å². The van der Waals surface area contributed by atoms with Crippen LogP contribution in [0.4, 0.5) is 5.69 Å². The van der Waals surface area contributed by atoms with Crippen LogP contribution in [-0.2, 0) is 14.8 Å². The van der Waals surface area contributed by atoms with Crippen molar-refractivity contribution in [3.8, 4) is 0 Å². The minimum atomic E-state index is -3.62. The largest absolute Gasteiger partial charge is 0.324 e. The van der Waals surface area contributed by atoms with Crippen LogP contribution < -0.4 is 5.32 Å². The highest BCUT2D eigenvalue weighted by molar-refractivity contribution is 8.00. The van der Waals surface area contributed by atoms with Crippen LogP contribution in [0.2, 0.25) is 5.02 Å². The van der Waals surface area contributed by atoms with E-state index in [1.54, 1.807) is 13.8 Å². The lowest BCUT2D eigenvalue weighted by atomic mass is 10.2. The summed E-state index contributed by atoms with van der Waals surface area (Å²) in [6.07, 6.45) is 0. The first-order valence-corrected chi connectivity index (χ1v) is 11.4. The van der Waals surface area contributed by atoms with Crippen molar-refractivity contribution in [3.63, 3.8) is 0 Å². The number of hydrogen-bond donors (Lipinski definition) is 1. The Morgan fingerprint density at radius 3 is 2.33 bits per heavy atom. The normalized spacial score (nSPS) is 11.6. The van der Waals surface area contributed by atoms with E-state index in [0.717, 1.165) is 10.5 Å². The van der Waals surface area contributed by atoms with Gasteiger partial charge in [0.15, 0.2) is 0 Å². The first kappa shape index (κ1) is 21.8. The van der Waals surface area contributed by atoms with Crippen LogP contribution in [0.1, 0.15) is 19.4 Å². The zero-order chi connectivity index (χ0) is 20.0. The molecule has 0 spiro atoms. The number of anilines is 1. The Hall–Kier alpha value is -1.54. The average Bonchev–Trinajstić information content (AvgIpc) is 2.63. The van der Waals surface area contributed by atoms with Crippen molar-refractivity contribution in [3.05, 3.63) is 53.1 Å². The van der Waals surface area contributed by atoms with Gasteiger partial charge in [-0.2, -0.15) is 4.31 Å². The second-order valence-corrected chi connectivity index (χ2v) is 9.27. The second-order valence-electron chi connectivity index (χ2n) is 5.88. The summed E-state index contributed by atoms with van der Waals surface area (Å²) in [7, 11) is -3.62. The molecule has 27 heavy (non-hydrogen) atoms. The fourth-order valence-electron chi connectivity index (χ4n) is 2.44. The van der Waals surface area contributed by atoms with Gasteiger partial charge in [-0.15, -0.1) is 11.8 Å². The Bertz CT molecular complexity index is 896. The molecule has 0 atom stereocenters. The summed E-state index contributed by atoms with van der Waals surface area (Å²) in [5.74, 6) is -0.0493. The smallest absolute Gasteiger partial charge is 0.243 e. The van der Waals surface area contributed by atoms with E-state index in [2.05, 4.69) is 5.32 Å². The number of halogens is 1. The van der Waals surface area contributed by atoms with Crippen LogP contribution in [0, 0.1) is 6.92 Å². The molecular formula is C19H23ClN2O3S2. The van der Waals surface area contributed by atoms with E-state index in [-0.39, 0.29) is 16.6 Å². The predicted octanol–water partition coefficient (Wildman–Crippen LogP) is 4.41. The maximum atomic E-state index is 12.6. The average molecular weight is 427 g/mol. The summed E-state index contributed by atoms with van der Waals surface area (Å²) in [4.78, 5) is 13.4. The van der Waals surface area contributed by atoms with Crippen LogP contribution >= 0.6 is 23.4 Å². The molecule has 5 nitrogen and oxygen atoms in total. The van der Waals surface area contributed by atoms with Gasteiger partial charge in [-0.1, -0.05) is 43.1 Å². The molecule has 0 radical (unpaired) electrons. The molecule has 0 aliphatic heterocycles. The van der Waals surface area contributed by atoms with Crippen molar-refractivity contribution in [1.29, 1.82) is 0 Å². The molecule has 0 aliphatic rings. The van der Waals surface area contributed by atoms with Gasteiger partial charge in [0.05, 0.1) is 21.4 Å². The van der Waals surface area contributed by atoms with Crippen LogP contribution in [0.25, 0.3) is 0 Å². The van der Waals surface area contributed by atoms with Gasteiger partial charge in [0.2, 0.25) is 15.9 Å². The number of nitrogens with one attached hydrogen (secondary N) is 1. The van der Waals surface area contributed by atoms with Gasteiger partial charge in [-0.25, -0.2) is 8.42 Å². The summed E-state index contributed by atoms with van der Waals surface area (Å²) in [5.41, 5.74) is 1.45. The fraction of sp³-hybridized carbons (Fsp3) is 0.316. The van der Waals surface area contributed by atoms with Crippen LogP contribution in [0.15, 0.2) is 52.3 Å². The Morgan fingerprint density at radius 2 is 1.74 bits per heavy atom. The molecule has 0 heterocycles. The predicted molar refractivity (Wildman–Crippen MR) is 112 cm³/mol. The van der Waals surface area contributed by atoms with Crippen molar-refractivity contribution in [2.24, 2.45) is 0 Å². The SMILES string of the molecule is CCN(CC)S(=O)(=O)c1ccc(Cl)c(NC(=O)CSc2ccc(C)cc2)c1. The Balaban J connectivity index is 2.11. The molecule has 2 aromatic rings. The minimum absolute atomic E-state index is 0.108. The number of amides is 1. The summed E-state index contributed by atoms with van der Waals surface area (Å²) >= 11 is 7.54. The van der Waals surface area contributed by atoms with Gasteiger partial charge in [-0.05, 0) is 37.3 Å². The van der Waals surface area contributed by atoms with E-state index in [1.807, 2.05) is 31.2 Å². The number of carbonyl (C=O) groups excluding carboxylic acids is 1. The van der Waals surface area contributed by atoms with Gasteiger partial charge in [0.1, 0.15) is 0 Å². The third kappa shape index (κ3) is 5.72. The second kappa shape index (κ2) is 9.59. The van der Waals surface area contributed by atoms with E-state index in [4.69, 9.17) is 11.6 Å². The molecule has 0 aliphatic carbocycles. The number of rotatable bonds is 8. The van der Waals surface area contributed by atoms with Crippen LogP contribution in [0.5, 0.6) is 0 Å². The first-order chi connectivity index (χ1) is 12.8. The lowest BCUT2D eigenvalue weighted by molar-refractivity contribution is -0.113. The summed E-state index contributed by atoms with van der Waals surface area (Å²) in [6.45, 7) is 6.30. The molecule has 8 heteroatoms. The van der Waals surface area contributed by atoms with Crippen molar-refractivity contribution in [2.45, 2.75) is 30.6 Å². The number of nitrogens with zero attached hydrogens (tertiary/aromatic N) is 1. The third-order valence-electron chi connectivity index (χ3n) is 3.95. The molecule has 0 saturated heterocycles. The van der Waals surface area contributed by atoms with Gasteiger partial charge >= 0.3 is 0 Å². The zero-order valence-corrected chi connectivity index (χ0v) is 17.9. The Morgan fingerprint density at radius 1 is 1.11 bits per heavy atom. The highest BCUT2D eigenvalue weighted by Gasteiger charge is 2.22. The molecule has 146 valence electrons. The van der Waals surface area contributed by atoms with Crippen molar-refractivity contribution < 1.29 is 13.2 Å². The first-order valence-electron chi connectivity index (χ1n) is 8.57. The van der Waals surface area contributed by atoms with Crippen molar-refractivity contribution in [1.82, 2.24) is 4.31 Å². The molecule has 2 rings (SSSR count). The fourth-order valence-corrected chi connectivity index (χ4v) is 4.79. The number of thioether (sulfide) groups is 1. The maximum Gasteiger partial charge on any atom is 0.243 e. The zero-order valence-electron chi connectivity index (χ0n) is 15.5. The number of benzene rings is 2. The number of aryl methyl sites for hydroxylation is 1. The van der Waals surface area contributed by atoms with Gasteiger partial charge < -0.3 is 5.32 Å². The van der Waals surface area contributed by atoms with E-state index in [9.17, 15) is 13.2 Å². The van der Waals surface area contributed by atoms with E-state index in [1.165, 1.54) is 34.3 Å². The highest BCUT2D eigenvalue weighted by atomic mass is 35.5. The lowest BCUT2D eigenvalue weighted by Gasteiger charge is -2.19. The number of sulfonamides is 1. The summed E-state index contributed by atoms with van der Waals surface area (Å²) in [5, 5.41) is 3.00. The quantitative estimate of drug-likeness (QED) is 0.635. The molecule has 0 bridgehead atoms. The molecule has 0 unspecified atom stereocenters. The van der Waals surface area contributed by atoms with E-state index >= 15 is 0 Å². The van der Waals surface area contributed by atoms with Crippen LogP contribution in [0.3, 0.4) is 0 Å². The standard InChI is InChI=1S/C19H23ClN2O3S2/c1-4-22(5-2)27(24,25)16-10-11-17(20)18(12-16)21-19(23)13-26-15-8-6-14(3)7-9-15/h6-12H,4-5,13H2,1-3H3,(H,21,23). The van der Waals surface area contributed by atoms with Crippen molar-refractivity contribution >= 4 is 45.0 Å². The van der Waals surface area contributed by atoms with Crippen molar-refractivity contribution in [2.75, 3.05) is 24.2 Å². The molecule has 1 amide bonds. The Labute approximate surface area is 170 Å². The summed E-state index contributed by atoms with van der Waals surface area (Å²) in [6, 6.07) is 12.2. The summed E-state index contributed by atoms with van der Waals surface area (Å²) < 4.78 is 26.7. The van der Waals surface area contributed by atoms with E-state index in [0.29, 0.717) is 23.8 Å². The molecule has 0 aromatic heterocycles. The van der Waals surface area contributed by atoms with Gasteiger partial charge in [0.25, 0.3) is 0 Å². The Kier molecular flexibility index (Phi) is 7.73. The minimum Gasteiger partial charge on any atom is -0.324 e. The third-order valence-corrected chi connectivity index (χ3v) is 7.33. The number of hydrogen-bond acceptors (Lipinski definition) is 4. The molecular weight excluding hydrogens is 404 g/mol. The monoisotopic (exact) mass is 426 g/mol. The molecule has 2 aromatic carbocycles. The maximum absolute atomic E-state index is 12.6.